The fourth-order valence-electron chi connectivity index (χ4n) is 5.04. The Morgan fingerprint density at radius 1 is 1.08 bits per heavy atom. The molecule has 0 spiro atoms. The number of ether oxygens (including phenoxy) is 1. The molecule has 3 aromatic rings. The van der Waals surface area contributed by atoms with Crippen molar-refractivity contribution in [1.29, 1.82) is 0 Å². The van der Waals surface area contributed by atoms with Gasteiger partial charge in [-0.05, 0) is 36.6 Å². The zero-order chi connectivity index (χ0) is 25.5. The summed E-state index contributed by atoms with van der Waals surface area (Å²) in [5.41, 5.74) is 1.70. The molecule has 1 fully saturated rings. The van der Waals surface area contributed by atoms with Gasteiger partial charge >= 0.3 is 0 Å². The summed E-state index contributed by atoms with van der Waals surface area (Å²) in [7, 11) is -7.08. The Labute approximate surface area is 214 Å². The molecule has 0 amide bonds. The summed E-state index contributed by atoms with van der Waals surface area (Å²) < 4.78 is 72.5. The summed E-state index contributed by atoms with van der Waals surface area (Å²) >= 11 is 1.19. The van der Waals surface area contributed by atoms with Crippen LogP contribution < -0.4 is 9.46 Å². The monoisotopic (exact) mass is 551 g/mol. The highest BCUT2D eigenvalue weighted by Gasteiger charge is 2.40. The van der Waals surface area contributed by atoms with Crippen molar-refractivity contribution in [1.82, 2.24) is 9.88 Å². The van der Waals surface area contributed by atoms with Crippen LogP contribution in [0.25, 0.3) is 0 Å². The maximum absolute atomic E-state index is 13.6. The number of sulfone groups is 1. The molecule has 8 nitrogen and oxygen atoms in total. The van der Waals surface area contributed by atoms with Crippen LogP contribution in [0.4, 0.5) is 9.52 Å². The number of likely N-dealkylation sites (tertiary alicyclic amines) is 1. The molecule has 0 unspecified atom stereocenters. The maximum atomic E-state index is 13.6. The van der Waals surface area contributed by atoms with Gasteiger partial charge in [-0.1, -0.05) is 18.2 Å². The van der Waals surface area contributed by atoms with Gasteiger partial charge in [-0.25, -0.2) is 26.2 Å². The molecule has 3 heterocycles. The number of piperidine rings is 1. The van der Waals surface area contributed by atoms with E-state index in [0.717, 1.165) is 11.1 Å². The van der Waals surface area contributed by atoms with Crippen molar-refractivity contribution < 1.29 is 26.0 Å². The predicted molar refractivity (Wildman–Crippen MR) is 136 cm³/mol. The first-order valence-corrected chi connectivity index (χ1v) is 15.8. The molecule has 0 bridgehead atoms. The van der Waals surface area contributed by atoms with Crippen LogP contribution in [0.15, 0.2) is 58.9 Å². The Morgan fingerprint density at radius 2 is 1.86 bits per heavy atom. The molecule has 2 aromatic carbocycles. The minimum Gasteiger partial charge on any atom is -0.493 e. The highest BCUT2D eigenvalue weighted by Crippen LogP contribution is 2.45. The zero-order valence-corrected chi connectivity index (χ0v) is 22.0. The van der Waals surface area contributed by atoms with E-state index in [4.69, 9.17) is 4.74 Å². The number of hydrogen-bond acceptors (Lipinski definition) is 8. The van der Waals surface area contributed by atoms with E-state index in [-0.39, 0.29) is 27.9 Å². The van der Waals surface area contributed by atoms with Crippen molar-refractivity contribution in [2.24, 2.45) is 0 Å². The number of hydrogen-bond donors (Lipinski definition) is 1. The lowest BCUT2D eigenvalue weighted by Gasteiger charge is -2.45. The molecule has 192 valence electrons. The van der Waals surface area contributed by atoms with E-state index in [9.17, 15) is 21.2 Å². The molecule has 1 saturated heterocycles. The van der Waals surface area contributed by atoms with Crippen LogP contribution in [0.3, 0.4) is 0 Å². The highest BCUT2D eigenvalue weighted by atomic mass is 32.2. The second-order valence-electron chi connectivity index (χ2n) is 9.08. The first-order valence-electron chi connectivity index (χ1n) is 11.5. The first-order chi connectivity index (χ1) is 17.1. The van der Waals surface area contributed by atoms with Gasteiger partial charge in [0.1, 0.15) is 21.4 Å². The third kappa shape index (κ3) is 5.13. The largest absolute Gasteiger partial charge is 0.493 e. The standard InChI is InChI=1S/C24H26FN3O5S3/c1-35(29,30)18-8-11-28(22(14-18)16-2-4-17(25)5-3-16)21-9-12-33-23-15-19(6-7-20(21)23)36(31,32)27-24-26-10-13-34-24/h2-7,10,13,15,18,21-22H,8-9,11-12,14H2,1H3,(H,26,27)/t18-,21-,22+/m1/s1. The summed E-state index contributed by atoms with van der Waals surface area (Å²) in [6.07, 6.45) is 4.35. The van der Waals surface area contributed by atoms with E-state index >= 15 is 0 Å². The highest BCUT2D eigenvalue weighted by molar-refractivity contribution is 7.93. The van der Waals surface area contributed by atoms with Crippen molar-refractivity contribution in [3.8, 4) is 5.75 Å². The number of nitrogens with one attached hydrogen (secondary N) is 1. The SMILES string of the molecule is CS(=O)(=O)[C@@H]1CCN([C@@H]2CCOc3cc(S(=O)(=O)Nc4nccs4)ccc32)[C@H](c2ccc(F)cc2)C1. The number of aromatic nitrogens is 1. The van der Waals surface area contributed by atoms with Crippen LogP contribution in [-0.4, -0.2) is 51.4 Å². The van der Waals surface area contributed by atoms with Crippen LogP contribution in [0.5, 0.6) is 5.75 Å². The molecule has 1 N–H and O–H groups in total. The molecule has 3 atom stereocenters. The molecule has 5 rings (SSSR count). The first kappa shape index (κ1) is 25.1. The number of thiazole rings is 1. The van der Waals surface area contributed by atoms with E-state index in [1.807, 2.05) is 0 Å². The van der Waals surface area contributed by atoms with Gasteiger partial charge in [-0.3, -0.25) is 9.62 Å². The smallest absolute Gasteiger partial charge is 0.263 e. The quantitative estimate of drug-likeness (QED) is 0.491. The van der Waals surface area contributed by atoms with Gasteiger partial charge in [0.2, 0.25) is 0 Å². The van der Waals surface area contributed by atoms with Crippen molar-refractivity contribution in [3.05, 3.63) is 71.0 Å². The maximum Gasteiger partial charge on any atom is 0.263 e. The van der Waals surface area contributed by atoms with Crippen LogP contribution in [0.2, 0.25) is 0 Å². The summed E-state index contributed by atoms with van der Waals surface area (Å²) in [6.45, 7) is 0.929. The van der Waals surface area contributed by atoms with E-state index in [2.05, 4.69) is 14.6 Å². The third-order valence-corrected chi connectivity index (χ3v) is 10.6. The summed E-state index contributed by atoms with van der Waals surface area (Å²) in [6, 6.07) is 10.7. The molecular formula is C24H26FN3O5S3. The fourth-order valence-corrected chi connectivity index (χ4v) is 7.91. The molecule has 2 aliphatic rings. The lowest BCUT2D eigenvalue weighted by Crippen LogP contribution is -2.44. The summed E-state index contributed by atoms with van der Waals surface area (Å²) in [5.74, 6) is 0.133. The van der Waals surface area contributed by atoms with E-state index in [1.54, 1.807) is 29.6 Å². The summed E-state index contributed by atoms with van der Waals surface area (Å²) in [5, 5.41) is 1.48. The minimum atomic E-state index is -3.84. The predicted octanol–water partition coefficient (Wildman–Crippen LogP) is 4.16. The van der Waals surface area contributed by atoms with Gasteiger partial charge < -0.3 is 4.74 Å². The van der Waals surface area contributed by atoms with Crippen molar-refractivity contribution in [2.75, 3.05) is 24.1 Å². The molecule has 1 aromatic heterocycles. The Bertz CT molecular complexity index is 1440. The Hall–Kier alpha value is -2.54. The van der Waals surface area contributed by atoms with Gasteiger partial charge in [0.15, 0.2) is 5.13 Å². The minimum absolute atomic E-state index is 0.0722. The second-order valence-corrected chi connectivity index (χ2v) is 14.0. The molecule has 36 heavy (non-hydrogen) atoms. The number of rotatable bonds is 6. The number of sulfonamides is 1. The van der Waals surface area contributed by atoms with Crippen molar-refractivity contribution in [3.63, 3.8) is 0 Å². The fraction of sp³-hybridized carbons (Fsp3) is 0.375. The van der Waals surface area contributed by atoms with E-state index in [0.29, 0.717) is 38.2 Å². The van der Waals surface area contributed by atoms with Gasteiger partial charge in [0, 0.05) is 54.5 Å². The van der Waals surface area contributed by atoms with E-state index < -0.39 is 25.1 Å². The zero-order valence-electron chi connectivity index (χ0n) is 19.5. The van der Waals surface area contributed by atoms with Gasteiger partial charge in [-0.15, -0.1) is 11.3 Å². The molecule has 0 aliphatic carbocycles. The third-order valence-electron chi connectivity index (χ3n) is 6.81. The molecule has 0 saturated carbocycles. The molecule has 2 aliphatic heterocycles. The Morgan fingerprint density at radius 3 is 2.56 bits per heavy atom. The van der Waals surface area contributed by atoms with Crippen molar-refractivity contribution in [2.45, 2.75) is 41.5 Å². The van der Waals surface area contributed by atoms with E-state index in [1.165, 1.54) is 42.0 Å². The van der Waals surface area contributed by atoms with Crippen molar-refractivity contribution >= 4 is 36.3 Å². The van der Waals surface area contributed by atoms with Gasteiger partial charge in [0.05, 0.1) is 16.8 Å². The number of nitrogens with zero attached hydrogens (tertiary/aromatic N) is 2. The average molecular weight is 552 g/mol. The van der Waals surface area contributed by atoms with Crippen LogP contribution in [0.1, 0.15) is 42.5 Å². The Kier molecular flexibility index (Phi) is 6.79. The van der Waals surface area contributed by atoms with Gasteiger partial charge in [-0.2, -0.15) is 0 Å². The van der Waals surface area contributed by atoms with Gasteiger partial charge in [0.25, 0.3) is 10.0 Å². The number of fused-ring (bicyclic) bond motifs is 1. The van der Waals surface area contributed by atoms with Crippen LogP contribution in [-0.2, 0) is 19.9 Å². The number of benzene rings is 2. The topological polar surface area (TPSA) is 106 Å². The lowest BCUT2D eigenvalue weighted by atomic mass is 9.89. The molecule has 12 heteroatoms. The van der Waals surface area contributed by atoms with Crippen LogP contribution >= 0.6 is 11.3 Å². The van der Waals surface area contributed by atoms with Crippen LogP contribution in [0, 0.1) is 5.82 Å². The summed E-state index contributed by atoms with van der Waals surface area (Å²) in [4.78, 5) is 6.30. The lowest BCUT2D eigenvalue weighted by molar-refractivity contribution is 0.0680. The number of halogens is 1. The normalized spacial score (nSPS) is 23.0. The molecular weight excluding hydrogens is 525 g/mol. The Balaban J connectivity index is 1.47. The second kappa shape index (κ2) is 9.73. The number of anilines is 1. The average Bonchev–Trinajstić information content (AvgIpc) is 3.35. The molecule has 0 radical (unpaired) electrons.